The molecule has 2 N–H and O–H groups in total. The van der Waals surface area contributed by atoms with Crippen LogP contribution in [0.25, 0.3) is 0 Å². The average molecular weight is 711 g/mol. The summed E-state index contributed by atoms with van der Waals surface area (Å²) < 4.78 is 6.16. The molecule has 9 atom stereocenters. The van der Waals surface area contributed by atoms with Crippen LogP contribution in [0.1, 0.15) is 127 Å². The number of carboxylic acid groups (broad SMARTS) is 1. The fourth-order valence-corrected chi connectivity index (χ4v) is 13.4. The van der Waals surface area contributed by atoms with E-state index in [0.29, 0.717) is 37.9 Å². The standard InChI is InChI=1S/C42H66N2O7/c1-26(2)34-28(46)22-42(31(47)24-43-18-20-44(25-45)21-19-43)17-16-40(8)27(35(34)42)10-11-30-39(7)14-13-32(51-33(48)23-37(3,4)36(49)50)38(5,6)29(39)12-15-41(30,40)9/h25-27,29-32,47H,10-24H2,1-9H3,(H,49,50)/t27-,29?,30?,31-,32+,39+,40-,41-,42?/m1/s1. The van der Waals surface area contributed by atoms with Crippen LogP contribution in [-0.4, -0.2) is 89.1 Å². The van der Waals surface area contributed by atoms with Crippen molar-refractivity contribution in [1.29, 1.82) is 0 Å². The Balaban J connectivity index is 1.27. The molecular formula is C42H66N2O7. The first-order valence-corrected chi connectivity index (χ1v) is 20.0. The van der Waals surface area contributed by atoms with Crippen molar-refractivity contribution in [3.63, 3.8) is 0 Å². The number of hydrogen-bond donors (Lipinski definition) is 2. The fraction of sp³-hybridized carbons (Fsp3) is 0.857. The van der Waals surface area contributed by atoms with Gasteiger partial charge in [0.25, 0.3) is 0 Å². The van der Waals surface area contributed by atoms with Crippen molar-refractivity contribution in [2.45, 2.75) is 139 Å². The fourth-order valence-electron chi connectivity index (χ4n) is 13.4. The molecule has 0 aromatic rings. The zero-order chi connectivity index (χ0) is 37.5. The number of carbonyl (C=O) groups is 4. The molecule has 9 heteroatoms. The van der Waals surface area contributed by atoms with E-state index in [0.717, 1.165) is 76.4 Å². The van der Waals surface area contributed by atoms with E-state index in [4.69, 9.17) is 4.74 Å². The molecule has 5 aliphatic carbocycles. The summed E-state index contributed by atoms with van der Waals surface area (Å²) in [6.45, 7) is 23.0. The number of ether oxygens (including phenoxy) is 1. The highest BCUT2D eigenvalue weighted by atomic mass is 16.5. The Bertz CT molecular complexity index is 1460. The summed E-state index contributed by atoms with van der Waals surface area (Å²) in [4.78, 5) is 54.3. The zero-order valence-corrected chi connectivity index (χ0v) is 33.0. The number of amides is 1. The van der Waals surface area contributed by atoms with Crippen molar-refractivity contribution < 1.29 is 34.1 Å². The van der Waals surface area contributed by atoms with Crippen molar-refractivity contribution in [1.82, 2.24) is 9.80 Å². The van der Waals surface area contributed by atoms with E-state index in [-0.39, 0.29) is 51.8 Å². The normalized spacial score (nSPS) is 40.2. The topological polar surface area (TPSA) is 124 Å². The van der Waals surface area contributed by atoms with Crippen LogP contribution in [0.2, 0.25) is 0 Å². The zero-order valence-electron chi connectivity index (χ0n) is 33.0. The molecule has 1 aliphatic heterocycles. The van der Waals surface area contributed by atoms with Crippen LogP contribution in [0.3, 0.4) is 0 Å². The van der Waals surface area contributed by atoms with Crippen LogP contribution in [0.5, 0.6) is 0 Å². The minimum Gasteiger partial charge on any atom is -0.481 e. The van der Waals surface area contributed by atoms with Gasteiger partial charge >= 0.3 is 11.9 Å². The molecule has 286 valence electrons. The predicted molar refractivity (Wildman–Crippen MR) is 195 cm³/mol. The van der Waals surface area contributed by atoms with Crippen molar-refractivity contribution in [2.75, 3.05) is 32.7 Å². The van der Waals surface area contributed by atoms with Gasteiger partial charge in [-0.15, -0.1) is 0 Å². The van der Waals surface area contributed by atoms with Crippen LogP contribution in [-0.2, 0) is 23.9 Å². The second-order valence-electron chi connectivity index (χ2n) is 20.0. The van der Waals surface area contributed by atoms with Gasteiger partial charge in [0.15, 0.2) is 5.78 Å². The molecule has 1 heterocycles. The SMILES string of the molecule is CC(C)C1=C2[C@H]3CCC4[C@@]5(C)CC[C@H](OC(=O)CC(C)(C)C(=O)O)C(C)(C)C5CC[C@@]4(C)[C@]3(C)CCC2([C@H](O)CN2CCN(C=O)CC2)CC1=O. The first kappa shape index (κ1) is 38.5. The van der Waals surface area contributed by atoms with Gasteiger partial charge in [-0.25, -0.2) is 0 Å². The van der Waals surface area contributed by atoms with Crippen molar-refractivity contribution in [3.05, 3.63) is 11.1 Å². The third kappa shape index (κ3) is 5.84. The molecular weight excluding hydrogens is 644 g/mol. The second-order valence-corrected chi connectivity index (χ2v) is 20.0. The number of aliphatic hydroxyl groups excluding tert-OH is 1. The molecule has 0 aromatic carbocycles. The second kappa shape index (κ2) is 13.0. The molecule has 0 bridgehead atoms. The monoisotopic (exact) mass is 710 g/mol. The van der Waals surface area contributed by atoms with Gasteiger partial charge in [-0.1, -0.05) is 54.0 Å². The molecule has 6 rings (SSSR count). The minimum atomic E-state index is -1.17. The number of hydrogen-bond acceptors (Lipinski definition) is 7. The Labute approximate surface area is 306 Å². The highest BCUT2D eigenvalue weighted by Crippen LogP contribution is 2.77. The van der Waals surface area contributed by atoms with Gasteiger partial charge < -0.3 is 19.8 Å². The highest BCUT2D eigenvalue weighted by Gasteiger charge is 2.71. The van der Waals surface area contributed by atoms with Crippen LogP contribution in [0.4, 0.5) is 0 Å². The quantitative estimate of drug-likeness (QED) is 0.205. The number of allylic oxidation sites excluding steroid dienone is 1. The molecule has 51 heavy (non-hydrogen) atoms. The predicted octanol–water partition coefficient (Wildman–Crippen LogP) is 6.51. The first-order chi connectivity index (χ1) is 23.7. The molecule has 1 saturated heterocycles. The third-order valence-electron chi connectivity index (χ3n) is 16.5. The van der Waals surface area contributed by atoms with Crippen LogP contribution >= 0.6 is 0 Å². The molecule has 1 amide bonds. The summed E-state index contributed by atoms with van der Waals surface area (Å²) in [5, 5.41) is 21.9. The van der Waals surface area contributed by atoms with Crippen molar-refractivity contribution in [2.24, 2.45) is 56.2 Å². The lowest BCUT2D eigenvalue weighted by molar-refractivity contribution is -0.235. The van der Waals surface area contributed by atoms with Gasteiger partial charge in [0, 0.05) is 50.0 Å². The third-order valence-corrected chi connectivity index (χ3v) is 16.5. The number of aliphatic hydroxyl groups is 1. The first-order valence-electron chi connectivity index (χ1n) is 20.0. The Morgan fingerprint density at radius 3 is 2.20 bits per heavy atom. The van der Waals surface area contributed by atoms with Gasteiger partial charge in [-0.2, -0.15) is 0 Å². The van der Waals surface area contributed by atoms with Gasteiger partial charge in [0.2, 0.25) is 6.41 Å². The molecule has 0 radical (unpaired) electrons. The molecule has 4 saturated carbocycles. The maximum atomic E-state index is 14.0. The average Bonchev–Trinajstić information content (AvgIpc) is 3.36. The summed E-state index contributed by atoms with van der Waals surface area (Å²) in [6.07, 6.45) is 8.11. The number of esters is 1. The largest absolute Gasteiger partial charge is 0.481 e. The van der Waals surface area contributed by atoms with Gasteiger partial charge in [-0.3, -0.25) is 24.1 Å². The van der Waals surface area contributed by atoms with Gasteiger partial charge in [-0.05, 0) is 111 Å². The van der Waals surface area contributed by atoms with E-state index in [2.05, 4.69) is 53.4 Å². The van der Waals surface area contributed by atoms with E-state index < -0.39 is 28.9 Å². The molecule has 9 nitrogen and oxygen atoms in total. The van der Waals surface area contributed by atoms with Crippen LogP contribution < -0.4 is 0 Å². The number of aliphatic carboxylic acids is 1. The molecule has 6 aliphatic rings. The highest BCUT2D eigenvalue weighted by molar-refractivity contribution is 6.00. The number of piperazine rings is 1. The Morgan fingerprint density at radius 1 is 0.922 bits per heavy atom. The van der Waals surface area contributed by atoms with Gasteiger partial charge in [0.05, 0.1) is 17.9 Å². The summed E-state index contributed by atoms with van der Waals surface area (Å²) in [6, 6.07) is 0. The summed E-state index contributed by atoms with van der Waals surface area (Å²) in [7, 11) is 0. The summed E-state index contributed by atoms with van der Waals surface area (Å²) in [5.41, 5.74) is 0.449. The van der Waals surface area contributed by atoms with Crippen molar-refractivity contribution in [3.8, 4) is 0 Å². The number of carboxylic acids is 1. The van der Waals surface area contributed by atoms with E-state index in [1.807, 2.05) is 0 Å². The number of carbonyl (C=O) groups excluding carboxylic acids is 3. The Kier molecular flexibility index (Phi) is 9.77. The maximum Gasteiger partial charge on any atom is 0.309 e. The number of nitrogens with zero attached hydrogens (tertiary/aromatic N) is 2. The smallest absolute Gasteiger partial charge is 0.309 e. The minimum absolute atomic E-state index is 0.0152. The summed E-state index contributed by atoms with van der Waals surface area (Å²) >= 11 is 0. The van der Waals surface area contributed by atoms with E-state index >= 15 is 0 Å². The Hall–Kier alpha value is -2.26. The lowest BCUT2D eigenvalue weighted by atomic mass is 9.33. The number of β-amino-alcohol motifs (C(OH)–C–C–N with tert-alkyl or cyclic N) is 1. The number of fused-ring (bicyclic) bond motifs is 7. The maximum absolute atomic E-state index is 14.0. The van der Waals surface area contributed by atoms with Gasteiger partial charge in [0.1, 0.15) is 6.10 Å². The molecule has 5 fully saturated rings. The molecule has 0 spiro atoms. The van der Waals surface area contributed by atoms with Crippen LogP contribution in [0.15, 0.2) is 11.1 Å². The lowest BCUT2D eigenvalue weighted by Gasteiger charge is -2.72. The van der Waals surface area contributed by atoms with E-state index in [1.165, 1.54) is 5.57 Å². The van der Waals surface area contributed by atoms with Crippen LogP contribution in [0, 0.1) is 56.2 Å². The molecule has 3 unspecified atom stereocenters. The van der Waals surface area contributed by atoms with E-state index in [9.17, 15) is 29.4 Å². The van der Waals surface area contributed by atoms with Crippen molar-refractivity contribution >= 4 is 24.1 Å². The Morgan fingerprint density at radius 2 is 1.59 bits per heavy atom. The lowest BCUT2D eigenvalue weighted by Crippen LogP contribution is -2.66. The van der Waals surface area contributed by atoms with E-state index in [1.54, 1.807) is 18.7 Å². The number of Topliss-reactive ketones (excluding diaryl/α,β-unsaturated/α-hetero) is 1. The number of rotatable bonds is 9. The summed E-state index contributed by atoms with van der Waals surface area (Å²) in [5.74, 6) is 0.0308. The molecule has 0 aromatic heterocycles. The number of ketones is 1.